The third-order valence-corrected chi connectivity index (χ3v) is 10.5. The zero-order valence-corrected chi connectivity index (χ0v) is 26.8. The van der Waals surface area contributed by atoms with Crippen LogP contribution in [0.2, 0.25) is 0 Å². The average Bonchev–Trinajstić information content (AvgIpc) is 3.62. The van der Waals surface area contributed by atoms with Crippen LogP contribution in [-0.2, 0) is 11.8 Å². The molecular weight excluding hydrogens is 583 g/mol. The molecule has 1 heterocycles. The number of nitrogens with zero attached hydrogens (tertiary/aromatic N) is 3. The molecule has 3 heteroatoms. The van der Waals surface area contributed by atoms with Gasteiger partial charge in [-0.2, -0.15) is 0 Å². The van der Waals surface area contributed by atoms with Crippen LogP contribution in [-0.4, -0.2) is 15.0 Å². The molecule has 7 aromatic carbocycles. The molecule has 8 aromatic rings. The third-order valence-electron chi connectivity index (χ3n) is 10.5. The molecule has 0 spiro atoms. The molecule has 0 bridgehead atoms. The fourth-order valence-corrected chi connectivity index (χ4v) is 8.34. The molecule has 0 radical (unpaired) electrons. The second-order valence-corrected chi connectivity index (χ2v) is 13.6. The highest BCUT2D eigenvalue weighted by Crippen LogP contribution is 2.57. The molecule has 2 aliphatic carbocycles. The van der Waals surface area contributed by atoms with Gasteiger partial charge in [0, 0.05) is 22.1 Å². The fraction of sp³-hybridized carbons (Fsp3) is 0.0889. The first-order valence-electron chi connectivity index (χ1n) is 16.7. The van der Waals surface area contributed by atoms with Crippen molar-refractivity contribution >= 4 is 21.5 Å². The van der Waals surface area contributed by atoms with Crippen molar-refractivity contribution in [3.8, 4) is 56.4 Å². The second kappa shape index (κ2) is 10.0. The Balaban J connectivity index is 1.26. The Hall–Kier alpha value is -5.93. The van der Waals surface area contributed by atoms with E-state index in [1.54, 1.807) is 0 Å². The standard InChI is InChI=1S/C45H31N3/c1-45(2)38-23-11-22-37(40(38)36-25-24-30-26-29-14-5-8-19-33(29)39(30)41(36)45)44-47-42(34-20-9-15-27-12-3-6-17-31(27)34)46-43(48-44)35-21-10-16-28-13-4-7-18-32(28)35/h3-25H,26H2,1-2H3. The number of rotatable bonds is 3. The maximum atomic E-state index is 5.31. The first kappa shape index (κ1) is 27.2. The smallest absolute Gasteiger partial charge is 0.164 e. The van der Waals surface area contributed by atoms with Crippen LogP contribution < -0.4 is 0 Å². The van der Waals surface area contributed by atoms with Crippen LogP contribution in [0.3, 0.4) is 0 Å². The molecule has 0 saturated heterocycles. The van der Waals surface area contributed by atoms with Crippen molar-refractivity contribution in [1.29, 1.82) is 0 Å². The van der Waals surface area contributed by atoms with E-state index in [0.717, 1.165) is 44.7 Å². The van der Waals surface area contributed by atoms with Gasteiger partial charge in [0.2, 0.25) is 0 Å². The van der Waals surface area contributed by atoms with Crippen molar-refractivity contribution in [1.82, 2.24) is 15.0 Å². The van der Waals surface area contributed by atoms with Gasteiger partial charge < -0.3 is 0 Å². The molecule has 226 valence electrons. The molecule has 0 N–H and O–H groups in total. The Bertz CT molecular complexity index is 2520. The van der Waals surface area contributed by atoms with Gasteiger partial charge in [-0.1, -0.05) is 153 Å². The van der Waals surface area contributed by atoms with E-state index in [1.807, 2.05) is 0 Å². The molecule has 0 saturated carbocycles. The van der Waals surface area contributed by atoms with Crippen molar-refractivity contribution in [2.75, 3.05) is 0 Å². The largest absolute Gasteiger partial charge is 0.208 e. The second-order valence-electron chi connectivity index (χ2n) is 13.6. The fourth-order valence-electron chi connectivity index (χ4n) is 8.34. The lowest BCUT2D eigenvalue weighted by Gasteiger charge is -2.24. The zero-order valence-electron chi connectivity index (χ0n) is 26.8. The summed E-state index contributed by atoms with van der Waals surface area (Å²) in [5, 5.41) is 4.57. The number of fused-ring (bicyclic) bond motifs is 9. The van der Waals surface area contributed by atoms with Gasteiger partial charge in [0.25, 0.3) is 0 Å². The van der Waals surface area contributed by atoms with E-state index in [4.69, 9.17) is 15.0 Å². The van der Waals surface area contributed by atoms with E-state index in [9.17, 15) is 0 Å². The Morgan fingerprint density at radius 1 is 0.417 bits per heavy atom. The first-order chi connectivity index (χ1) is 23.6. The van der Waals surface area contributed by atoms with Gasteiger partial charge in [0.05, 0.1) is 0 Å². The summed E-state index contributed by atoms with van der Waals surface area (Å²) in [7, 11) is 0. The summed E-state index contributed by atoms with van der Waals surface area (Å²) in [5.74, 6) is 2.05. The van der Waals surface area contributed by atoms with Gasteiger partial charge in [-0.3, -0.25) is 0 Å². The van der Waals surface area contributed by atoms with E-state index in [1.165, 1.54) is 44.5 Å². The summed E-state index contributed by atoms with van der Waals surface area (Å²) in [4.78, 5) is 15.8. The molecule has 0 atom stereocenters. The Labute approximate surface area is 279 Å². The average molecular weight is 614 g/mol. The minimum atomic E-state index is -0.187. The van der Waals surface area contributed by atoms with Crippen LogP contribution in [0.4, 0.5) is 0 Å². The highest BCUT2D eigenvalue weighted by Gasteiger charge is 2.41. The molecule has 0 fully saturated rings. The highest BCUT2D eigenvalue weighted by atomic mass is 15.0. The predicted octanol–water partition coefficient (Wildman–Crippen LogP) is 11.1. The molecule has 2 aliphatic rings. The van der Waals surface area contributed by atoms with E-state index < -0.39 is 0 Å². The van der Waals surface area contributed by atoms with Crippen LogP contribution in [0, 0.1) is 0 Å². The molecule has 1 aromatic heterocycles. The maximum absolute atomic E-state index is 5.31. The molecule has 10 rings (SSSR count). The van der Waals surface area contributed by atoms with Gasteiger partial charge in [-0.05, 0) is 72.5 Å². The number of hydrogen-bond donors (Lipinski definition) is 0. The van der Waals surface area contributed by atoms with E-state index in [2.05, 4.69) is 153 Å². The topological polar surface area (TPSA) is 38.7 Å². The monoisotopic (exact) mass is 613 g/mol. The Kier molecular flexibility index (Phi) is 5.69. The highest BCUT2D eigenvalue weighted by molar-refractivity contribution is 6.00. The Morgan fingerprint density at radius 2 is 0.938 bits per heavy atom. The van der Waals surface area contributed by atoms with E-state index >= 15 is 0 Å². The van der Waals surface area contributed by atoms with Gasteiger partial charge in [0.1, 0.15) is 0 Å². The molecule has 3 nitrogen and oxygen atoms in total. The van der Waals surface area contributed by atoms with Crippen LogP contribution in [0.15, 0.2) is 140 Å². The minimum absolute atomic E-state index is 0.187. The third kappa shape index (κ3) is 3.85. The van der Waals surface area contributed by atoms with Crippen molar-refractivity contribution in [2.24, 2.45) is 0 Å². The minimum Gasteiger partial charge on any atom is -0.208 e. The van der Waals surface area contributed by atoms with Crippen LogP contribution in [0.5, 0.6) is 0 Å². The summed E-state index contributed by atoms with van der Waals surface area (Å²) < 4.78 is 0. The number of benzene rings is 7. The van der Waals surface area contributed by atoms with Crippen molar-refractivity contribution in [2.45, 2.75) is 25.7 Å². The van der Waals surface area contributed by atoms with Gasteiger partial charge in [-0.25, -0.2) is 15.0 Å². The van der Waals surface area contributed by atoms with Crippen molar-refractivity contribution < 1.29 is 0 Å². The lowest BCUT2D eigenvalue weighted by atomic mass is 9.78. The summed E-state index contributed by atoms with van der Waals surface area (Å²) in [6, 6.07) is 49.9. The molecule has 0 aliphatic heterocycles. The zero-order chi connectivity index (χ0) is 32.0. The van der Waals surface area contributed by atoms with Gasteiger partial charge in [0.15, 0.2) is 17.5 Å². The molecule has 48 heavy (non-hydrogen) atoms. The van der Waals surface area contributed by atoms with Gasteiger partial charge in [-0.15, -0.1) is 0 Å². The number of hydrogen-bond acceptors (Lipinski definition) is 3. The quantitative estimate of drug-likeness (QED) is 0.199. The predicted molar refractivity (Wildman–Crippen MR) is 197 cm³/mol. The SMILES string of the molecule is CC1(C)c2cccc(-c3nc(-c4cccc5ccccc45)nc(-c4cccc5ccccc45)n3)c2-c2ccc3c(c21)-c1ccccc1C3. The van der Waals surface area contributed by atoms with Crippen molar-refractivity contribution in [3.05, 3.63) is 162 Å². The Morgan fingerprint density at radius 3 is 1.62 bits per heavy atom. The number of aromatic nitrogens is 3. The lowest BCUT2D eigenvalue weighted by Crippen LogP contribution is -2.16. The van der Waals surface area contributed by atoms with Gasteiger partial charge >= 0.3 is 0 Å². The molecule has 0 amide bonds. The maximum Gasteiger partial charge on any atom is 0.164 e. The van der Waals surface area contributed by atoms with Crippen LogP contribution in [0.1, 0.15) is 36.1 Å². The van der Waals surface area contributed by atoms with E-state index in [-0.39, 0.29) is 5.41 Å². The summed E-state index contributed by atoms with van der Waals surface area (Å²) in [6.07, 6.45) is 0.980. The summed E-state index contributed by atoms with van der Waals surface area (Å²) in [6.45, 7) is 4.75. The normalized spacial score (nSPS) is 13.7. The lowest BCUT2D eigenvalue weighted by molar-refractivity contribution is 0.662. The van der Waals surface area contributed by atoms with Crippen LogP contribution >= 0.6 is 0 Å². The van der Waals surface area contributed by atoms with Crippen molar-refractivity contribution in [3.63, 3.8) is 0 Å². The first-order valence-corrected chi connectivity index (χ1v) is 16.7. The summed E-state index contributed by atoms with van der Waals surface area (Å²) >= 11 is 0. The summed E-state index contributed by atoms with van der Waals surface area (Å²) in [5.41, 5.74) is 13.7. The molecular formula is C45H31N3. The van der Waals surface area contributed by atoms with Crippen LogP contribution in [0.25, 0.3) is 78.0 Å². The molecule has 0 unspecified atom stereocenters. The van der Waals surface area contributed by atoms with E-state index in [0.29, 0.717) is 17.5 Å².